The molecule has 0 aliphatic heterocycles. The van der Waals surface area contributed by atoms with E-state index in [0.717, 1.165) is 11.1 Å². The molecule has 5 heteroatoms. The van der Waals surface area contributed by atoms with Crippen LogP contribution in [0.2, 0.25) is 5.02 Å². The molecule has 0 saturated carbocycles. The van der Waals surface area contributed by atoms with Crippen LogP contribution in [-0.4, -0.2) is 16.7 Å². The third kappa shape index (κ3) is 3.67. The molecule has 1 heterocycles. The third-order valence-corrected chi connectivity index (χ3v) is 5.04. The van der Waals surface area contributed by atoms with E-state index in [0.29, 0.717) is 33.2 Å². The van der Waals surface area contributed by atoms with Gasteiger partial charge >= 0.3 is 0 Å². The molecule has 0 spiro atoms. The molecule has 29 heavy (non-hydrogen) atoms. The SMILES string of the molecule is COc1ccc(C)cc1-n1c(C=Cc2ccccc2Cl)nc2ccccc2c1=O. The maximum atomic E-state index is 13.4. The second-order valence-electron chi connectivity index (χ2n) is 6.66. The van der Waals surface area contributed by atoms with Gasteiger partial charge in [0.1, 0.15) is 11.6 Å². The summed E-state index contributed by atoms with van der Waals surface area (Å²) >= 11 is 6.28. The number of aromatic nitrogens is 2. The van der Waals surface area contributed by atoms with Crippen molar-refractivity contribution in [1.29, 1.82) is 0 Å². The Morgan fingerprint density at radius 2 is 1.76 bits per heavy atom. The summed E-state index contributed by atoms with van der Waals surface area (Å²) in [6.07, 6.45) is 3.66. The zero-order chi connectivity index (χ0) is 20.4. The summed E-state index contributed by atoms with van der Waals surface area (Å²) in [7, 11) is 1.59. The number of benzene rings is 3. The summed E-state index contributed by atoms with van der Waals surface area (Å²) in [6.45, 7) is 1.97. The van der Waals surface area contributed by atoms with Gasteiger partial charge in [0.2, 0.25) is 0 Å². The number of nitrogens with zero attached hydrogens (tertiary/aromatic N) is 2. The van der Waals surface area contributed by atoms with Crippen molar-refractivity contribution in [3.8, 4) is 11.4 Å². The average molecular weight is 403 g/mol. The molecule has 4 nitrogen and oxygen atoms in total. The molecule has 0 fully saturated rings. The lowest BCUT2D eigenvalue weighted by atomic mass is 10.1. The number of halogens is 1. The fourth-order valence-electron chi connectivity index (χ4n) is 3.24. The summed E-state index contributed by atoms with van der Waals surface area (Å²) in [6, 6.07) is 20.6. The number of fused-ring (bicyclic) bond motifs is 1. The van der Waals surface area contributed by atoms with Crippen LogP contribution < -0.4 is 10.3 Å². The van der Waals surface area contributed by atoms with E-state index in [1.54, 1.807) is 23.8 Å². The summed E-state index contributed by atoms with van der Waals surface area (Å²) < 4.78 is 7.11. The van der Waals surface area contributed by atoms with Crippen molar-refractivity contribution in [1.82, 2.24) is 9.55 Å². The average Bonchev–Trinajstić information content (AvgIpc) is 2.73. The van der Waals surface area contributed by atoms with Gasteiger partial charge in [-0.25, -0.2) is 4.98 Å². The standard InChI is InChI=1S/C24H19ClN2O2/c1-16-11-13-22(29-2)21(15-16)27-23(14-12-17-7-3-5-9-19(17)25)26-20-10-6-4-8-18(20)24(27)28/h3-15H,1-2H3. The van der Waals surface area contributed by atoms with Crippen LogP contribution in [0.4, 0.5) is 0 Å². The van der Waals surface area contributed by atoms with Crippen molar-refractivity contribution in [2.45, 2.75) is 6.92 Å². The number of hydrogen-bond acceptors (Lipinski definition) is 3. The van der Waals surface area contributed by atoms with Crippen molar-refractivity contribution < 1.29 is 4.74 Å². The largest absolute Gasteiger partial charge is 0.495 e. The molecule has 0 bridgehead atoms. The van der Waals surface area contributed by atoms with Crippen LogP contribution in [0.3, 0.4) is 0 Å². The molecule has 0 atom stereocenters. The van der Waals surface area contributed by atoms with Crippen LogP contribution >= 0.6 is 11.6 Å². The normalized spacial score (nSPS) is 11.3. The molecule has 4 rings (SSSR count). The fraction of sp³-hybridized carbons (Fsp3) is 0.0833. The van der Waals surface area contributed by atoms with E-state index >= 15 is 0 Å². The van der Waals surface area contributed by atoms with E-state index in [-0.39, 0.29) is 5.56 Å². The van der Waals surface area contributed by atoms with Gasteiger partial charge in [0.15, 0.2) is 0 Å². The molecular formula is C24H19ClN2O2. The van der Waals surface area contributed by atoms with Crippen LogP contribution in [0.15, 0.2) is 71.5 Å². The van der Waals surface area contributed by atoms with Gasteiger partial charge in [-0.2, -0.15) is 0 Å². The second-order valence-corrected chi connectivity index (χ2v) is 7.07. The number of hydrogen-bond donors (Lipinski definition) is 0. The number of para-hydroxylation sites is 1. The van der Waals surface area contributed by atoms with Gasteiger partial charge in [-0.3, -0.25) is 9.36 Å². The fourth-order valence-corrected chi connectivity index (χ4v) is 3.44. The lowest BCUT2D eigenvalue weighted by Gasteiger charge is -2.15. The van der Waals surface area contributed by atoms with Gasteiger partial charge in [0.25, 0.3) is 5.56 Å². The van der Waals surface area contributed by atoms with Gasteiger partial charge < -0.3 is 4.74 Å². The maximum Gasteiger partial charge on any atom is 0.266 e. The Bertz CT molecular complexity index is 1290. The highest BCUT2D eigenvalue weighted by atomic mass is 35.5. The highest BCUT2D eigenvalue weighted by molar-refractivity contribution is 6.32. The Morgan fingerprint density at radius 1 is 1.00 bits per heavy atom. The smallest absolute Gasteiger partial charge is 0.266 e. The quantitative estimate of drug-likeness (QED) is 0.451. The second kappa shape index (κ2) is 7.94. The minimum absolute atomic E-state index is 0.154. The Labute approximate surface area is 173 Å². The first-order valence-corrected chi connectivity index (χ1v) is 9.55. The van der Waals surface area contributed by atoms with Gasteiger partial charge in [0, 0.05) is 5.02 Å². The van der Waals surface area contributed by atoms with E-state index in [1.807, 2.05) is 73.7 Å². The van der Waals surface area contributed by atoms with Gasteiger partial charge in [-0.05, 0) is 60.5 Å². The van der Waals surface area contributed by atoms with Crippen molar-refractivity contribution in [2.75, 3.05) is 7.11 Å². The van der Waals surface area contributed by atoms with Crippen molar-refractivity contribution in [2.24, 2.45) is 0 Å². The van der Waals surface area contributed by atoms with E-state index in [4.69, 9.17) is 21.3 Å². The molecule has 4 aromatic rings. The van der Waals surface area contributed by atoms with Crippen LogP contribution in [0.5, 0.6) is 5.75 Å². The summed E-state index contributed by atoms with van der Waals surface area (Å²) in [5.74, 6) is 1.10. The van der Waals surface area contributed by atoms with Gasteiger partial charge in [-0.15, -0.1) is 0 Å². The molecule has 0 unspecified atom stereocenters. The predicted octanol–water partition coefficient (Wildman–Crippen LogP) is 5.53. The Morgan fingerprint density at radius 3 is 2.55 bits per heavy atom. The van der Waals surface area contributed by atoms with Crippen LogP contribution in [0.25, 0.3) is 28.7 Å². The van der Waals surface area contributed by atoms with Gasteiger partial charge in [-0.1, -0.05) is 48.0 Å². The molecule has 0 N–H and O–H groups in total. The molecule has 0 aliphatic carbocycles. The van der Waals surface area contributed by atoms with E-state index < -0.39 is 0 Å². The van der Waals surface area contributed by atoms with Crippen LogP contribution in [0.1, 0.15) is 17.0 Å². The summed E-state index contributed by atoms with van der Waals surface area (Å²) in [5, 5.41) is 1.18. The molecule has 0 amide bonds. The van der Waals surface area contributed by atoms with E-state index in [2.05, 4.69) is 0 Å². The first kappa shape index (κ1) is 19.0. The Kier molecular flexibility index (Phi) is 5.19. The minimum Gasteiger partial charge on any atom is -0.495 e. The molecule has 0 radical (unpaired) electrons. The van der Waals surface area contributed by atoms with E-state index in [1.165, 1.54) is 0 Å². The third-order valence-electron chi connectivity index (χ3n) is 4.69. The zero-order valence-corrected chi connectivity index (χ0v) is 16.9. The number of ether oxygens (including phenoxy) is 1. The predicted molar refractivity (Wildman–Crippen MR) is 119 cm³/mol. The molecular weight excluding hydrogens is 384 g/mol. The number of rotatable bonds is 4. The molecule has 0 aliphatic rings. The first-order chi connectivity index (χ1) is 14.1. The van der Waals surface area contributed by atoms with Crippen molar-refractivity contribution in [3.63, 3.8) is 0 Å². The Hall–Kier alpha value is -3.37. The minimum atomic E-state index is -0.154. The lowest BCUT2D eigenvalue weighted by molar-refractivity contribution is 0.412. The zero-order valence-electron chi connectivity index (χ0n) is 16.1. The van der Waals surface area contributed by atoms with Crippen LogP contribution in [-0.2, 0) is 0 Å². The molecule has 0 saturated heterocycles. The summed E-state index contributed by atoms with van der Waals surface area (Å²) in [5.41, 5.74) is 2.99. The maximum absolute atomic E-state index is 13.4. The topological polar surface area (TPSA) is 44.1 Å². The molecule has 144 valence electrons. The van der Waals surface area contributed by atoms with Crippen molar-refractivity contribution in [3.05, 3.63) is 99.1 Å². The monoisotopic (exact) mass is 402 g/mol. The number of aryl methyl sites for hydroxylation is 1. The van der Waals surface area contributed by atoms with Crippen molar-refractivity contribution >= 4 is 34.7 Å². The molecule has 3 aromatic carbocycles. The first-order valence-electron chi connectivity index (χ1n) is 9.18. The highest BCUT2D eigenvalue weighted by Crippen LogP contribution is 2.26. The van der Waals surface area contributed by atoms with E-state index in [9.17, 15) is 4.79 Å². The van der Waals surface area contributed by atoms with Gasteiger partial charge in [0.05, 0.1) is 23.7 Å². The Balaban J connectivity index is 2.01. The van der Waals surface area contributed by atoms with Crippen LogP contribution in [0, 0.1) is 6.92 Å². The number of methoxy groups -OCH3 is 1. The molecule has 1 aromatic heterocycles. The highest BCUT2D eigenvalue weighted by Gasteiger charge is 2.15. The lowest BCUT2D eigenvalue weighted by Crippen LogP contribution is -2.23. The summed E-state index contributed by atoms with van der Waals surface area (Å²) in [4.78, 5) is 18.2.